The van der Waals surface area contributed by atoms with Crippen LogP contribution in [-0.4, -0.2) is 17.6 Å². The number of aromatic amines is 1. The maximum Gasteiger partial charge on any atom is 0.417 e. The van der Waals surface area contributed by atoms with Gasteiger partial charge in [0.05, 0.1) is 5.52 Å². The minimum absolute atomic E-state index is 0.386. The van der Waals surface area contributed by atoms with E-state index in [4.69, 9.17) is 27.6 Å². The first kappa shape index (κ1) is 20.5. The Kier molecular flexibility index (Phi) is 6.63. The molecule has 4 nitrogen and oxygen atoms in total. The van der Waals surface area contributed by atoms with Crippen LogP contribution in [0.2, 0.25) is 10.0 Å². The van der Waals surface area contributed by atoms with E-state index in [1.165, 1.54) is 24.0 Å². The van der Waals surface area contributed by atoms with Gasteiger partial charge < -0.3 is 9.73 Å². The van der Waals surface area contributed by atoms with E-state index >= 15 is 0 Å². The van der Waals surface area contributed by atoms with Crippen LogP contribution in [0.3, 0.4) is 0 Å². The number of rotatable bonds is 7. The number of hydrogen-bond acceptors (Lipinski definition) is 3. The van der Waals surface area contributed by atoms with Gasteiger partial charge in [0.25, 0.3) is 0 Å². The monoisotopic (exact) mass is 432 g/mol. The summed E-state index contributed by atoms with van der Waals surface area (Å²) in [5, 5.41) is 5.17. The molecule has 2 N–H and O–H groups in total. The van der Waals surface area contributed by atoms with E-state index < -0.39 is 0 Å². The number of benzene rings is 2. The first-order valence-electron chi connectivity index (χ1n) is 10.4. The number of fused-ring (bicyclic) bond motifs is 1. The second-order valence-corrected chi connectivity index (χ2v) is 8.81. The molecule has 0 amide bonds. The summed E-state index contributed by atoms with van der Waals surface area (Å²) < 4.78 is 5.20. The van der Waals surface area contributed by atoms with Crippen molar-refractivity contribution in [2.24, 2.45) is 0 Å². The molecule has 1 aromatic heterocycles. The van der Waals surface area contributed by atoms with Gasteiger partial charge >= 0.3 is 5.76 Å². The predicted molar refractivity (Wildman–Crippen MR) is 119 cm³/mol. The van der Waals surface area contributed by atoms with Crippen molar-refractivity contribution in [2.45, 2.75) is 56.9 Å². The molecule has 0 spiro atoms. The van der Waals surface area contributed by atoms with E-state index in [2.05, 4.69) is 16.4 Å². The zero-order chi connectivity index (χ0) is 20.2. The van der Waals surface area contributed by atoms with Gasteiger partial charge in [-0.15, -0.1) is 0 Å². The minimum atomic E-state index is -0.386. The van der Waals surface area contributed by atoms with E-state index in [9.17, 15) is 4.79 Å². The lowest BCUT2D eigenvalue weighted by Crippen LogP contribution is -2.33. The molecule has 154 valence electrons. The minimum Gasteiger partial charge on any atom is -0.408 e. The molecule has 1 saturated carbocycles. The highest BCUT2D eigenvalue weighted by Gasteiger charge is 2.22. The SMILES string of the molecule is O=c1[nH]c2ccc(C3CCC(NCCCCc4ccc(Cl)cc4Cl)CC3)cc2o1. The lowest BCUT2D eigenvalue weighted by Gasteiger charge is -2.29. The van der Waals surface area contributed by atoms with Gasteiger partial charge in [0.2, 0.25) is 0 Å². The number of unbranched alkanes of at least 4 members (excludes halogenated alkanes) is 1. The van der Waals surface area contributed by atoms with Crippen LogP contribution in [-0.2, 0) is 6.42 Å². The van der Waals surface area contributed by atoms with Crippen LogP contribution in [0.1, 0.15) is 55.6 Å². The van der Waals surface area contributed by atoms with Gasteiger partial charge in [0.1, 0.15) is 0 Å². The molecule has 4 rings (SSSR count). The number of halogens is 2. The van der Waals surface area contributed by atoms with Crippen molar-refractivity contribution >= 4 is 34.3 Å². The number of aryl methyl sites for hydroxylation is 1. The quantitative estimate of drug-likeness (QED) is 0.445. The van der Waals surface area contributed by atoms with Crippen LogP contribution in [0.15, 0.2) is 45.6 Å². The molecule has 29 heavy (non-hydrogen) atoms. The molecule has 1 fully saturated rings. The van der Waals surface area contributed by atoms with Crippen LogP contribution >= 0.6 is 23.2 Å². The number of nitrogens with one attached hydrogen (secondary N) is 2. The van der Waals surface area contributed by atoms with Crippen LogP contribution < -0.4 is 11.1 Å². The molecule has 3 aromatic rings. The van der Waals surface area contributed by atoms with Crippen LogP contribution in [0, 0.1) is 0 Å². The van der Waals surface area contributed by atoms with Gasteiger partial charge in [0.15, 0.2) is 5.58 Å². The van der Waals surface area contributed by atoms with Gasteiger partial charge in [0, 0.05) is 16.1 Å². The lowest BCUT2D eigenvalue weighted by molar-refractivity contribution is 0.341. The summed E-state index contributed by atoms with van der Waals surface area (Å²) in [6, 6.07) is 12.4. The van der Waals surface area contributed by atoms with Gasteiger partial charge in [-0.2, -0.15) is 0 Å². The van der Waals surface area contributed by atoms with Crippen LogP contribution in [0.5, 0.6) is 0 Å². The van der Waals surface area contributed by atoms with Crippen molar-refractivity contribution in [2.75, 3.05) is 6.54 Å². The molecule has 1 heterocycles. The summed E-state index contributed by atoms with van der Waals surface area (Å²) in [4.78, 5) is 14.0. The first-order valence-corrected chi connectivity index (χ1v) is 11.1. The summed E-state index contributed by atoms with van der Waals surface area (Å²) in [6.07, 6.45) is 7.94. The second-order valence-electron chi connectivity index (χ2n) is 7.97. The molecule has 0 unspecified atom stereocenters. The fourth-order valence-corrected chi connectivity index (χ4v) is 4.82. The Morgan fingerprint density at radius 2 is 1.86 bits per heavy atom. The normalized spacial score (nSPS) is 19.7. The maximum absolute atomic E-state index is 11.3. The fourth-order valence-electron chi connectivity index (χ4n) is 4.32. The highest BCUT2D eigenvalue weighted by molar-refractivity contribution is 6.35. The topological polar surface area (TPSA) is 58.0 Å². The Morgan fingerprint density at radius 3 is 2.66 bits per heavy atom. The standard InChI is InChI=1S/C23H26Cl2N2O2/c24-18-8-4-16(20(25)14-18)3-1-2-12-26-19-9-5-15(6-10-19)17-7-11-21-22(13-17)29-23(28)27-21/h4,7-8,11,13-15,19,26H,1-3,5-6,9-10,12H2,(H,27,28). The van der Waals surface area contributed by atoms with Crippen LogP contribution in [0.4, 0.5) is 0 Å². The third-order valence-electron chi connectivity index (χ3n) is 5.96. The Labute approximate surface area is 180 Å². The van der Waals surface area contributed by atoms with Crippen molar-refractivity contribution in [1.82, 2.24) is 10.3 Å². The van der Waals surface area contributed by atoms with E-state index in [1.807, 2.05) is 30.3 Å². The largest absolute Gasteiger partial charge is 0.417 e. The molecular weight excluding hydrogens is 407 g/mol. The molecule has 0 aliphatic heterocycles. The zero-order valence-electron chi connectivity index (χ0n) is 16.3. The molecule has 0 saturated heterocycles. The van der Waals surface area contributed by atoms with Gasteiger partial charge in [-0.25, -0.2) is 4.79 Å². The molecule has 1 aliphatic rings. The Hall–Kier alpha value is -1.75. The third-order valence-corrected chi connectivity index (χ3v) is 6.55. The van der Waals surface area contributed by atoms with E-state index in [0.717, 1.165) is 49.2 Å². The van der Waals surface area contributed by atoms with Gasteiger partial charge in [-0.1, -0.05) is 35.3 Å². The lowest BCUT2D eigenvalue weighted by atomic mass is 9.81. The molecular formula is C23H26Cl2N2O2. The van der Waals surface area contributed by atoms with E-state index in [0.29, 0.717) is 22.6 Å². The number of H-pyrrole nitrogens is 1. The van der Waals surface area contributed by atoms with Crippen molar-refractivity contribution in [3.63, 3.8) is 0 Å². The van der Waals surface area contributed by atoms with Crippen molar-refractivity contribution in [3.05, 3.63) is 68.1 Å². The highest BCUT2D eigenvalue weighted by Crippen LogP contribution is 2.34. The zero-order valence-corrected chi connectivity index (χ0v) is 17.9. The van der Waals surface area contributed by atoms with Crippen LogP contribution in [0.25, 0.3) is 11.1 Å². The average molecular weight is 433 g/mol. The Morgan fingerprint density at radius 1 is 1.03 bits per heavy atom. The first-order chi connectivity index (χ1) is 14.1. The Bertz CT molecular complexity index is 1020. The molecule has 6 heteroatoms. The third kappa shape index (κ3) is 5.25. The summed E-state index contributed by atoms with van der Waals surface area (Å²) in [7, 11) is 0. The molecule has 1 aliphatic carbocycles. The summed E-state index contributed by atoms with van der Waals surface area (Å²) in [5.74, 6) is 0.160. The van der Waals surface area contributed by atoms with E-state index in [-0.39, 0.29) is 5.76 Å². The predicted octanol–water partition coefficient (Wildman–Crippen LogP) is 6.07. The molecule has 0 bridgehead atoms. The number of oxazole rings is 1. The van der Waals surface area contributed by atoms with Crippen molar-refractivity contribution in [1.29, 1.82) is 0 Å². The van der Waals surface area contributed by atoms with E-state index in [1.54, 1.807) is 0 Å². The smallest absolute Gasteiger partial charge is 0.408 e. The number of hydrogen-bond donors (Lipinski definition) is 2. The fraction of sp³-hybridized carbons (Fsp3) is 0.435. The molecule has 0 atom stereocenters. The summed E-state index contributed by atoms with van der Waals surface area (Å²) in [6.45, 7) is 1.04. The second kappa shape index (κ2) is 9.38. The van der Waals surface area contributed by atoms with Crippen molar-refractivity contribution in [3.8, 4) is 0 Å². The average Bonchev–Trinajstić information content (AvgIpc) is 3.09. The summed E-state index contributed by atoms with van der Waals surface area (Å²) >= 11 is 12.2. The summed E-state index contributed by atoms with van der Waals surface area (Å²) in [5.41, 5.74) is 3.88. The molecule has 0 radical (unpaired) electrons. The highest BCUT2D eigenvalue weighted by atomic mass is 35.5. The Balaban J connectivity index is 1.18. The number of aromatic nitrogens is 1. The van der Waals surface area contributed by atoms with Crippen molar-refractivity contribution < 1.29 is 4.42 Å². The van der Waals surface area contributed by atoms with Gasteiger partial charge in [-0.3, -0.25) is 4.98 Å². The molecule has 2 aromatic carbocycles. The van der Waals surface area contributed by atoms with Gasteiger partial charge in [-0.05, 0) is 92.8 Å². The maximum atomic E-state index is 11.3.